The number of hydrogen-bond donors (Lipinski definition) is 1. The Labute approximate surface area is 215 Å². The van der Waals surface area contributed by atoms with Crippen LogP contribution in [0, 0.1) is 0 Å². The van der Waals surface area contributed by atoms with E-state index in [-0.39, 0.29) is 24.2 Å². The summed E-state index contributed by atoms with van der Waals surface area (Å²) in [5, 5.41) is 12.0. The maximum atomic E-state index is 12.5. The minimum absolute atomic E-state index is 0.0602. The summed E-state index contributed by atoms with van der Waals surface area (Å²) in [6, 6.07) is 5.22. The van der Waals surface area contributed by atoms with Gasteiger partial charge in [0.2, 0.25) is 0 Å². The first-order valence-electron chi connectivity index (χ1n) is 12.3. The highest BCUT2D eigenvalue weighted by Crippen LogP contribution is 2.40. The van der Waals surface area contributed by atoms with E-state index in [0.717, 1.165) is 16.5 Å². The number of aldehydes is 1. The lowest BCUT2D eigenvalue weighted by atomic mass is 9.85. The van der Waals surface area contributed by atoms with Crippen LogP contribution in [0.1, 0.15) is 57.9 Å². The first kappa shape index (κ1) is 26.3. The standard InChI is InChI=1S/C28H32N2O7/c1-7-18-19-11-17(36-26(33)37-27(3,4)5)9-10-22(19)29-24-20(18)13-30(6)23(24)12-21-16(14-31)15-35-25(32)28(21,34)8-2/h9-12,14,34H,7-8,13,15H2,1-6H3/b23-12-. The molecule has 1 N–H and O–H groups in total. The Bertz CT molecular complexity index is 1350. The molecule has 0 radical (unpaired) electrons. The van der Waals surface area contributed by atoms with E-state index in [0.29, 0.717) is 41.9 Å². The molecule has 0 bridgehead atoms. The van der Waals surface area contributed by atoms with Crippen molar-refractivity contribution in [3.8, 4) is 5.75 Å². The van der Waals surface area contributed by atoms with E-state index in [2.05, 4.69) is 0 Å². The molecule has 0 fully saturated rings. The zero-order valence-electron chi connectivity index (χ0n) is 22.0. The van der Waals surface area contributed by atoms with Crippen LogP contribution in [-0.4, -0.2) is 58.3 Å². The van der Waals surface area contributed by atoms with E-state index in [1.165, 1.54) is 0 Å². The number of esters is 1. The average molecular weight is 509 g/mol. The number of carbonyl (C=O) groups is 3. The largest absolute Gasteiger partial charge is 0.514 e. The molecule has 0 saturated carbocycles. The molecule has 2 aliphatic heterocycles. The van der Waals surface area contributed by atoms with E-state index >= 15 is 0 Å². The second kappa shape index (κ2) is 9.63. The topological polar surface area (TPSA) is 115 Å². The van der Waals surface area contributed by atoms with Gasteiger partial charge in [0.25, 0.3) is 0 Å². The molecule has 4 rings (SSSR count). The molecule has 1 atom stereocenters. The van der Waals surface area contributed by atoms with Crippen molar-refractivity contribution in [2.24, 2.45) is 0 Å². The van der Waals surface area contributed by atoms with E-state index in [1.54, 1.807) is 52.0 Å². The van der Waals surface area contributed by atoms with Crippen LogP contribution in [0.15, 0.2) is 35.4 Å². The Balaban J connectivity index is 1.82. The summed E-state index contributed by atoms with van der Waals surface area (Å²) >= 11 is 0. The number of benzene rings is 1. The Morgan fingerprint density at radius 1 is 1.30 bits per heavy atom. The van der Waals surface area contributed by atoms with Gasteiger partial charge in [-0.15, -0.1) is 0 Å². The first-order chi connectivity index (χ1) is 17.4. The van der Waals surface area contributed by atoms with Crippen LogP contribution in [0.3, 0.4) is 0 Å². The van der Waals surface area contributed by atoms with Crippen LogP contribution in [0.25, 0.3) is 16.6 Å². The number of nitrogens with zero attached hydrogens (tertiary/aromatic N) is 2. The van der Waals surface area contributed by atoms with E-state index < -0.39 is 23.3 Å². The molecule has 9 nitrogen and oxygen atoms in total. The van der Waals surface area contributed by atoms with Crippen molar-refractivity contribution in [3.63, 3.8) is 0 Å². The van der Waals surface area contributed by atoms with Crippen LogP contribution in [0.2, 0.25) is 0 Å². The number of ether oxygens (including phenoxy) is 3. The molecular weight excluding hydrogens is 476 g/mol. The lowest BCUT2D eigenvalue weighted by Crippen LogP contribution is -2.45. The average Bonchev–Trinajstić information content (AvgIpc) is 3.13. The molecule has 0 aliphatic carbocycles. The van der Waals surface area contributed by atoms with Crippen LogP contribution in [0.5, 0.6) is 5.75 Å². The smallest absolute Gasteiger partial charge is 0.458 e. The molecule has 1 aromatic heterocycles. The van der Waals surface area contributed by atoms with Gasteiger partial charge in [-0.1, -0.05) is 13.8 Å². The maximum absolute atomic E-state index is 12.5. The van der Waals surface area contributed by atoms with Gasteiger partial charge in [-0.2, -0.15) is 0 Å². The third-order valence-electron chi connectivity index (χ3n) is 6.59. The molecule has 9 heteroatoms. The highest BCUT2D eigenvalue weighted by atomic mass is 16.7. The van der Waals surface area contributed by atoms with Gasteiger partial charge in [-0.3, -0.25) is 4.79 Å². The predicted octanol–water partition coefficient (Wildman–Crippen LogP) is 4.09. The minimum atomic E-state index is -1.91. The Morgan fingerprint density at radius 3 is 2.65 bits per heavy atom. The summed E-state index contributed by atoms with van der Waals surface area (Å²) in [5.74, 6) is -0.415. The van der Waals surface area contributed by atoms with Crippen LogP contribution in [-0.2, 0) is 32.0 Å². The fraction of sp³-hybridized carbons (Fsp3) is 0.429. The lowest BCUT2D eigenvalue weighted by Gasteiger charge is -2.32. The fourth-order valence-corrected chi connectivity index (χ4v) is 4.74. The minimum Gasteiger partial charge on any atom is -0.458 e. The summed E-state index contributed by atoms with van der Waals surface area (Å²) in [6.07, 6.45) is 2.28. The third-order valence-corrected chi connectivity index (χ3v) is 6.59. The van der Waals surface area contributed by atoms with Crippen molar-refractivity contribution in [1.29, 1.82) is 0 Å². The number of hydrogen-bond acceptors (Lipinski definition) is 9. The number of carbonyl (C=O) groups excluding carboxylic acids is 3. The van der Waals surface area contributed by atoms with Crippen molar-refractivity contribution in [2.45, 2.75) is 65.2 Å². The van der Waals surface area contributed by atoms with Crippen molar-refractivity contribution in [1.82, 2.24) is 9.88 Å². The zero-order chi connectivity index (χ0) is 27.1. The van der Waals surface area contributed by atoms with Gasteiger partial charge in [-0.25, -0.2) is 14.6 Å². The number of aliphatic hydroxyl groups is 1. The Hall–Kier alpha value is -3.72. The number of fused-ring (bicyclic) bond motifs is 2. The molecule has 1 aromatic carbocycles. The zero-order valence-corrected chi connectivity index (χ0v) is 22.0. The van der Waals surface area contributed by atoms with Gasteiger partial charge in [0.05, 0.1) is 16.9 Å². The first-order valence-corrected chi connectivity index (χ1v) is 12.3. The second-order valence-electron chi connectivity index (χ2n) is 10.2. The van der Waals surface area contributed by atoms with Gasteiger partial charge in [-0.05, 0) is 63.5 Å². The van der Waals surface area contributed by atoms with Crippen molar-refractivity contribution < 1.29 is 33.7 Å². The molecular formula is C28H32N2O7. The molecule has 196 valence electrons. The number of pyridine rings is 1. The maximum Gasteiger partial charge on any atom is 0.514 e. The summed E-state index contributed by atoms with van der Waals surface area (Å²) < 4.78 is 15.7. The quantitative estimate of drug-likeness (QED) is 0.362. The highest BCUT2D eigenvalue weighted by molar-refractivity contribution is 5.94. The van der Waals surface area contributed by atoms with Gasteiger partial charge < -0.3 is 24.2 Å². The summed E-state index contributed by atoms with van der Waals surface area (Å²) in [4.78, 5) is 43.3. The van der Waals surface area contributed by atoms with Crippen molar-refractivity contribution >= 4 is 35.0 Å². The fourth-order valence-electron chi connectivity index (χ4n) is 4.74. The molecule has 0 spiro atoms. The Morgan fingerprint density at radius 2 is 2.03 bits per heavy atom. The molecule has 3 heterocycles. The van der Waals surface area contributed by atoms with Gasteiger partial charge in [0, 0.05) is 35.7 Å². The SMILES string of the molecule is CCc1c2c(nc3ccc(OC(=O)OC(C)(C)C)cc13)/C(=C/C1=C(C=O)COC(=O)C1(O)CC)N(C)C2. The van der Waals surface area contributed by atoms with E-state index in [1.807, 2.05) is 18.9 Å². The number of aromatic nitrogens is 1. The van der Waals surface area contributed by atoms with E-state index in [4.69, 9.17) is 19.2 Å². The highest BCUT2D eigenvalue weighted by Gasteiger charge is 2.44. The van der Waals surface area contributed by atoms with Gasteiger partial charge >= 0.3 is 12.1 Å². The van der Waals surface area contributed by atoms with Gasteiger partial charge in [0.15, 0.2) is 5.60 Å². The molecule has 37 heavy (non-hydrogen) atoms. The molecule has 0 saturated heterocycles. The van der Waals surface area contributed by atoms with Gasteiger partial charge in [0.1, 0.15) is 24.2 Å². The second-order valence-corrected chi connectivity index (χ2v) is 10.2. The van der Waals surface area contributed by atoms with Crippen molar-refractivity contribution in [3.05, 3.63) is 52.2 Å². The number of aryl methyl sites for hydroxylation is 1. The monoisotopic (exact) mass is 508 g/mol. The van der Waals surface area contributed by atoms with Crippen molar-refractivity contribution in [2.75, 3.05) is 13.7 Å². The number of rotatable bonds is 5. The summed E-state index contributed by atoms with van der Waals surface area (Å²) in [6.45, 7) is 9.37. The Kier molecular flexibility index (Phi) is 6.85. The number of cyclic esters (lactones) is 1. The van der Waals surface area contributed by atoms with Crippen LogP contribution >= 0.6 is 0 Å². The normalized spacial score (nSPS) is 20.8. The summed E-state index contributed by atoms with van der Waals surface area (Å²) in [5.41, 5.74) is 2.01. The van der Waals surface area contributed by atoms with Crippen LogP contribution < -0.4 is 4.74 Å². The summed E-state index contributed by atoms with van der Waals surface area (Å²) in [7, 11) is 1.89. The third kappa shape index (κ3) is 4.83. The van der Waals surface area contributed by atoms with E-state index in [9.17, 15) is 19.5 Å². The molecule has 2 aromatic rings. The van der Waals surface area contributed by atoms with Crippen LogP contribution in [0.4, 0.5) is 4.79 Å². The lowest BCUT2D eigenvalue weighted by molar-refractivity contribution is -0.162. The molecule has 2 aliphatic rings. The molecule has 1 unspecified atom stereocenters. The predicted molar refractivity (Wildman–Crippen MR) is 137 cm³/mol. The molecule has 0 amide bonds.